The minimum Gasteiger partial charge on any atom is -0.246 e. The number of nitrogens with zero attached hydrogens (tertiary/aromatic N) is 2. The average Bonchev–Trinajstić information content (AvgIpc) is 1.51. The zero-order valence-corrected chi connectivity index (χ0v) is 61.0. The van der Waals surface area contributed by atoms with Gasteiger partial charge in [0.25, 0.3) is 0 Å². The van der Waals surface area contributed by atoms with Crippen molar-refractivity contribution in [2.75, 3.05) is 0 Å². The SMILES string of the molecule is c1ccc2c(c1)-c1ccccc1C21c2ccccc2-c2ccc(-c3ccc(-c4c5ccc6ccccc6c5nc5c4ccc4ccccc45)cc3)cc21.c1ccc2c(c1)-c1ccccc1C21c2ccccc2-c2ccc(-c3ccc(-c4ccc(-c5c6ccc7ccccc7c6nc6c5ccc5ccccc56)cc4)cc3)cc21. The Kier molecular flexibility index (Phi) is 13.4. The molecule has 0 bridgehead atoms. The van der Waals surface area contributed by atoms with Gasteiger partial charge < -0.3 is 0 Å². The van der Waals surface area contributed by atoms with E-state index in [9.17, 15) is 0 Å². The first kappa shape index (κ1) is 62.6. The lowest BCUT2D eigenvalue weighted by molar-refractivity contribution is 0.794. The van der Waals surface area contributed by atoms with Crippen LogP contribution in [0.25, 0.3) is 187 Å². The molecule has 0 saturated carbocycles. The fourth-order valence-electron chi connectivity index (χ4n) is 20.5. The molecular formula is C110H66N2. The second kappa shape index (κ2) is 24.0. The molecule has 0 fully saturated rings. The highest BCUT2D eigenvalue weighted by molar-refractivity contribution is 6.23. The van der Waals surface area contributed by atoms with Gasteiger partial charge in [0.15, 0.2) is 0 Å². The van der Waals surface area contributed by atoms with Crippen LogP contribution in [0.5, 0.6) is 0 Å². The van der Waals surface area contributed by atoms with Crippen LogP contribution in [0.3, 0.4) is 0 Å². The van der Waals surface area contributed by atoms with Gasteiger partial charge >= 0.3 is 0 Å². The number of hydrogen-bond acceptors (Lipinski definition) is 2. The molecule has 2 nitrogen and oxygen atoms in total. The average molecular weight is 1420 g/mol. The summed E-state index contributed by atoms with van der Waals surface area (Å²) in [6, 6.07) is 148. The van der Waals surface area contributed by atoms with Gasteiger partial charge in [0, 0.05) is 54.2 Å². The summed E-state index contributed by atoms with van der Waals surface area (Å²) >= 11 is 0. The first-order valence-electron chi connectivity index (χ1n) is 39.0. The third-order valence-electron chi connectivity index (χ3n) is 25.4. The lowest BCUT2D eigenvalue weighted by atomic mass is 9.70. The summed E-state index contributed by atoms with van der Waals surface area (Å²) in [6.45, 7) is 0. The van der Waals surface area contributed by atoms with Crippen molar-refractivity contribution >= 4 is 86.7 Å². The van der Waals surface area contributed by atoms with Crippen LogP contribution in [0.15, 0.2) is 400 Å². The minimum absolute atomic E-state index is 0.345. The molecule has 0 N–H and O–H groups in total. The fourth-order valence-corrected chi connectivity index (χ4v) is 20.5. The maximum atomic E-state index is 5.40. The molecule has 4 aliphatic carbocycles. The number of fused-ring (bicyclic) bond motifs is 32. The number of benzene rings is 19. The molecule has 0 saturated heterocycles. The summed E-state index contributed by atoms with van der Waals surface area (Å²) in [5.41, 5.74) is 37.2. The molecule has 516 valence electrons. The Bertz CT molecular complexity index is 7300. The van der Waals surface area contributed by atoms with Crippen LogP contribution in [0.2, 0.25) is 0 Å². The van der Waals surface area contributed by atoms with Crippen molar-refractivity contribution in [3.05, 3.63) is 445 Å². The normalized spacial score (nSPS) is 13.3. The van der Waals surface area contributed by atoms with E-state index in [-0.39, 0.29) is 10.8 Å². The minimum atomic E-state index is -0.352. The molecule has 112 heavy (non-hydrogen) atoms. The molecule has 2 heterocycles. The van der Waals surface area contributed by atoms with Crippen molar-refractivity contribution in [2.45, 2.75) is 10.8 Å². The largest absolute Gasteiger partial charge is 0.246 e. The van der Waals surface area contributed by atoms with Crippen LogP contribution < -0.4 is 0 Å². The van der Waals surface area contributed by atoms with Crippen molar-refractivity contribution in [2.24, 2.45) is 0 Å². The molecule has 0 amide bonds. The molecule has 0 aliphatic heterocycles. The number of aromatic nitrogens is 2. The van der Waals surface area contributed by atoms with Crippen LogP contribution in [-0.4, -0.2) is 9.97 Å². The van der Waals surface area contributed by atoms with Gasteiger partial charge in [0.05, 0.1) is 32.9 Å². The monoisotopic (exact) mass is 1410 g/mol. The van der Waals surface area contributed by atoms with Crippen LogP contribution >= 0.6 is 0 Å². The van der Waals surface area contributed by atoms with E-state index in [1.54, 1.807) is 0 Å². The van der Waals surface area contributed by atoms with Crippen molar-refractivity contribution < 1.29 is 0 Å². The highest BCUT2D eigenvalue weighted by atomic mass is 14.7. The Morgan fingerprint density at radius 1 is 0.143 bits per heavy atom. The van der Waals surface area contributed by atoms with Crippen molar-refractivity contribution in [1.29, 1.82) is 0 Å². The summed E-state index contributed by atoms with van der Waals surface area (Å²) < 4.78 is 0. The highest BCUT2D eigenvalue weighted by Gasteiger charge is 2.53. The lowest BCUT2D eigenvalue weighted by Gasteiger charge is -2.30. The Balaban J connectivity index is 0.000000131. The topological polar surface area (TPSA) is 25.8 Å². The lowest BCUT2D eigenvalue weighted by Crippen LogP contribution is -2.25. The first-order chi connectivity index (χ1) is 55.5. The summed E-state index contributed by atoms with van der Waals surface area (Å²) in [5, 5.41) is 14.2. The zero-order chi connectivity index (χ0) is 73.3. The second-order valence-electron chi connectivity index (χ2n) is 30.7. The van der Waals surface area contributed by atoms with Crippen molar-refractivity contribution in [3.8, 4) is 100 Å². The Labute approximate surface area is 648 Å². The van der Waals surface area contributed by atoms with E-state index in [4.69, 9.17) is 9.97 Å². The molecule has 2 spiro atoms. The first-order valence-corrected chi connectivity index (χ1v) is 39.0. The number of rotatable bonds is 5. The highest BCUT2D eigenvalue weighted by Crippen LogP contribution is 2.65. The van der Waals surface area contributed by atoms with Crippen molar-refractivity contribution in [1.82, 2.24) is 9.97 Å². The zero-order valence-electron chi connectivity index (χ0n) is 61.0. The molecular weight excluding hydrogens is 1350 g/mol. The van der Waals surface area contributed by atoms with Crippen LogP contribution in [-0.2, 0) is 10.8 Å². The van der Waals surface area contributed by atoms with E-state index in [0.29, 0.717) is 0 Å². The van der Waals surface area contributed by atoms with Crippen LogP contribution in [0.1, 0.15) is 44.5 Å². The van der Waals surface area contributed by atoms with Gasteiger partial charge in [-0.1, -0.05) is 388 Å². The molecule has 0 unspecified atom stereocenters. The Morgan fingerprint density at radius 3 is 0.616 bits per heavy atom. The van der Waals surface area contributed by atoms with E-state index in [1.165, 1.54) is 209 Å². The third-order valence-corrected chi connectivity index (χ3v) is 25.4. The molecule has 2 heteroatoms. The Hall–Kier alpha value is -14.4. The van der Waals surface area contributed by atoms with Gasteiger partial charge in [-0.3, -0.25) is 0 Å². The standard InChI is InChI=1S/C58H35N.C52H31N/c1-3-13-43-39(11-1)29-33-49-55(50-34-30-40-12-2-4-14-44(40)57(50)59-56(43)49)41-27-25-37(26-28-41)36-21-23-38(24-22-36)42-31-32-48-47-17-7-10-20-53(47)58(54(48)35-42)51-18-8-5-15-45(51)46-16-6-9-19-52(46)58;1-3-13-37-33(11-1)25-29-43-49(44-30-26-34-12-2-4-14-38(34)51(44)53-50(37)43)35-23-21-32(22-24-35)36-27-28-42-41-17-7-10-20-47(41)52(48(42)31-36)45-18-8-5-15-39(45)40-16-6-9-19-46(40)52/h1-35H;1-31H. The predicted octanol–water partition coefficient (Wildman–Crippen LogP) is 28.4. The van der Waals surface area contributed by atoms with E-state index in [0.717, 1.165) is 22.1 Å². The summed E-state index contributed by atoms with van der Waals surface area (Å²) in [4.78, 5) is 10.8. The number of hydrogen-bond donors (Lipinski definition) is 0. The van der Waals surface area contributed by atoms with E-state index in [2.05, 4.69) is 400 Å². The summed E-state index contributed by atoms with van der Waals surface area (Å²) in [7, 11) is 0. The molecule has 2 aromatic heterocycles. The number of pyridine rings is 2. The van der Waals surface area contributed by atoms with Crippen molar-refractivity contribution in [3.63, 3.8) is 0 Å². The molecule has 0 atom stereocenters. The van der Waals surface area contributed by atoms with Gasteiger partial charge in [-0.05, 0) is 167 Å². The van der Waals surface area contributed by atoms with Gasteiger partial charge in [-0.15, -0.1) is 0 Å². The maximum Gasteiger partial charge on any atom is 0.0794 e. The Morgan fingerprint density at radius 2 is 0.348 bits per heavy atom. The molecule has 4 aliphatic rings. The van der Waals surface area contributed by atoms with Gasteiger partial charge in [0.2, 0.25) is 0 Å². The van der Waals surface area contributed by atoms with E-state index in [1.807, 2.05) is 0 Å². The van der Waals surface area contributed by atoms with Gasteiger partial charge in [-0.25, -0.2) is 9.97 Å². The summed E-state index contributed by atoms with van der Waals surface area (Å²) in [5.74, 6) is 0. The molecule has 19 aromatic carbocycles. The van der Waals surface area contributed by atoms with Gasteiger partial charge in [0.1, 0.15) is 0 Å². The smallest absolute Gasteiger partial charge is 0.0794 e. The van der Waals surface area contributed by atoms with Crippen LogP contribution in [0, 0.1) is 0 Å². The quantitative estimate of drug-likeness (QED) is 0.127. The second-order valence-corrected chi connectivity index (χ2v) is 30.7. The van der Waals surface area contributed by atoms with Crippen LogP contribution in [0.4, 0.5) is 0 Å². The molecule has 25 rings (SSSR count). The van der Waals surface area contributed by atoms with E-state index < -0.39 is 0 Å². The maximum absolute atomic E-state index is 5.40. The fraction of sp³-hybridized carbons (Fsp3) is 0.0182. The molecule has 21 aromatic rings. The summed E-state index contributed by atoms with van der Waals surface area (Å²) in [6.07, 6.45) is 0. The van der Waals surface area contributed by atoms with Gasteiger partial charge in [-0.2, -0.15) is 0 Å². The molecule has 0 radical (unpaired) electrons. The van der Waals surface area contributed by atoms with E-state index >= 15 is 0 Å². The third kappa shape index (κ3) is 8.80. The predicted molar refractivity (Wildman–Crippen MR) is 468 cm³/mol.